The third-order valence-electron chi connectivity index (χ3n) is 3.84. The number of hydrogen-bond acceptors (Lipinski definition) is 5. The van der Waals surface area contributed by atoms with E-state index < -0.39 is 0 Å². The van der Waals surface area contributed by atoms with Crippen LogP contribution in [0.1, 0.15) is 24.3 Å². The molecule has 3 heterocycles. The van der Waals surface area contributed by atoms with Gasteiger partial charge in [0.1, 0.15) is 5.75 Å². The lowest BCUT2D eigenvalue weighted by molar-refractivity contribution is 0.104. The Morgan fingerprint density at radius 3 is 3.15 bits per heavy atom. The molecule has 2 aliphatic heterocycles. The van der Waals surface area contributed by atoms with Gasteiger partial charge >= 0.3 is 0 Å². The van der Waals surface area contributed by atoms with Gasteiger partial charge in [0.2, 0.25) is 11.7 Å². The van der Waals surface area contributed by atoms with Gasteiger partial charge in [-0.2, -0.15) is 4.98 Å². The molecule has 5 heteroatoms. The van der Waals surface area contributed by atoms with Crippen molar-refractivity contribution in [1.29, 1.82) is 0 Å². The van der Waals surface area contributed by atoms with Gasteiger partial charge in [-0.3, -0.25) is 0 Å². The fourth-order valence-electron chi connectivity index (χ4n) is 2.78. The van der Waals surface area contributed by atoms with Crippen LogP contribution < -0.4 is 4.74 Å². The summed E-state index contributed by atoms with van der Waals surface area (Å²) in [5.74, 6) is 2.27. The quantitative estimate of drug-likeness (QED) is 0.858. The van der Waals surface area contributed by atoms with E-state index in [4.69, 9.17) is 14.0 Å². The molecule has 0 N–H and O–H groups in total. The molecular formula is C15H16N2O3. The van der Waals surface area contributed by atoms with Gasteiger partial charge in [0.15, 0.2) is 0 Å². The second-order valence-electron chi connectivity index (χ2n) is 5.27. The molecule has 4 rings (SSSR count). The summed E-state index contributed by atoms with van der Waals surface area (Å²) < 4.78 is 16.4. The van der Waals surface area contributed by atoms with Crippen molar-refractivity contribution < 1.29 is 14.0 Å². The second kappa shape index (κ2) is 4.90. The van der Waals surface area contributed by atoms with Crippen molar-refractivity contribution >= 4 is 0 Å². The Labute approximate surface area is 116 Å². The van der Waals surface area contributed by atoms with E-state index in [-0.39, 0.29) is 6.10 Å². The molecule has 0 bridgehead atoms. The average Bonchev–Trinajstić information content (AvgIpc) is 3.19. The van der Waals surface area contributed by atoms with Crippen molar-refractivity contribution in [3.05, 3.63) is 29.7 Å². The van der Waals surface area contributed by atoms with Crippen LogP contribution >= 0.6 is 0 Å². The molecular weight excluding hydrogens is 256 g/mol. The molecule has 104 valence electrons. The first-order chi connectivity index (χ1) is 9.88. The molecule has 0 amide bonds. The lowest BCUT2D eigenvalue weighted by atomic mass is 10.1. The predicted molar refractivity (Wildman–Crippen MR) is 71.6 cm³/mol. The minimum atomic E-state index is 0.233. The van der Waals surface area contributed by atoms with E-state index >= 15 is 0 Å². The molecule has 2 aromatic rings. The number of aromatic nitrogens is 2. The molecule has 0 spiro atoms. The Hall–Kier alpha value is -1.88. The SMILES string of the molecule is c1cc2c(cc1-c1noc(CC3CCCO3)n1)CCO2. The van der Waals surface area contributed by atoms with E-state index in [1.807, 2.05) is 12.1 Å². The van der Waals surface area contributed by atoms with Crippen LogP contribution in [-0.4, -0.2) is 29.5 Å². The first-order valence-corrected chi connectivity index (χ1v) is 7.09. The number of nitrogens with zero attached hydrogens (tertiary/aromatic N) is 2. The van der Waals surface area contributed by atoms with E-state index in [9.17, 15) is 0 Å². The van der Waals surface area contributed by atoms with Gasteiger partial charge in [-0.25, -0.2) is 0 Å². The summed E-state index contributed by atoms with van der Waals surface area (Å²) in [5, 5.41) is 4.07. The van der Waals surface area contributed by atoms with Crippen molar-refractivity contribution in [3.63, 3.8) is 0 Å². The van der Waals surface area contributed by atoms with Gasteiger partial charge < -0.3 is 14.0 Å². The molecule has 1 aromatic carbocycles. The molecule has 1 fully saturated rings. The van der Waals surface area contributed by atoms with Gasteiger partial charge in [-0.05, 0) is 36.6 Å². The molecule has 0 aliphatic carbocycles. The highest BCUT2D eigenvalue weighted by Crippen LogP contribution is 2.29. The Balaban J connectivity index is 1.55. The number of ether oxygens (including phenoxy) is 2. The average molecular weight is 272 g/mol. The smallest absolute Gasteiger partial charge is 0.229 e. The molecule has 1 unspecified atom stereocenters. The maximum absolute atomic E-state index is 5.59. The van der Waals surface area contributed by atoms with Crippen LogP contribution in [0.5, 0.6) is 5.75 Å². The van der Waals surface area contributed by atoms with Gasteiger partial charge in [0.25, 0.3) is 0 Å². The first-order valence-electron chi connectivity index (χ1n) is 7.09. The van der Waals surface area contributed by atoms with Crippen LogP contribution in [0.2, 0.25) is 0 Å². The van der Waals surface area contributed by atoms with Gasteiger partial charge in [-0.15, -0.1) is 0 Å². The molecule has 1 atom stereocenters. The van der Waals surface area contributed by atoms with E-state index in [2.05, 4.69) is 16.2 Å². The van der Waals surface area contributed by atoms with Gasteiger partial charge in [0.05, 0.1) is 19.1 Å². The third-order valence-corrected chi connectivity index (χ3v) is 3.84. The van der Waals surface area contributed by atoms with E-state index in [1.54, 1.807) is 0 Å². The Morgan fingerprint density at radius 1 is 1.25 bits per heavy atom. The summed E-state index contributed by atoms with van der Waals surface area (Å²) in [6.45, 7) is 1.60. The maximum atomic E-state index is 5.59. The number of fused-ring (bicyclic) bond motifs is 1. The van der Waals surface area contributed by atoms with E-state index in [0.717, 1.165) is 43.8 Å². The summed E-state index contributed by atoms with van der Waals surface area (Å²) >= 11 is 0. The normalized spacial score (nSPS) is 20.9. The largest absolute Gasteiger partial charge is 0.493 e. The fourth-order valence-corrected chi connectivity index (χ4v) is 2.78. The lowest BCUT2D eigenvalue weighted by Crippen LogP contribution is -2.08. The summed E-state index contributed by atoms with van der Waals surface area (Å²) in [6, 6.07) is 6.04. The van der Waals surface area contributed by atoms with Crippen molar-refractivity contribution in [1.82, 2.24) is 10.1 Å². The number of hydrogen-bond donors (Lipinski definition) is 0. The highest BCUT2D eigenvalue weighted by atomic mass is 16.5. The summed E-state index contributed by atoms with van der Waals surface area (Å²) in [6.07, 6.45) is 4.09. The molecule has 1 aromatic heterocycles. The molecule has 5 nitrogen and oxygen atoms in total. The van der Waals surface area contributed by atoms with Crippen LogP contribution in [0.25, 0.3) is 11.4 Å². The fraction of sp³-hybridized carbons (Fsp3) is 0.467. The molecule has 0 saturated carbocycles. The van der Waals surface area contributed by atoms with Crippen molar-refractivity contribution in [2.24, 2.45) is 0 Å². The third kappa shape index (κ3) is 2.18. The van der Waals surface area contributed by atoms with Crippen molar-refractivity contribution in [3.8, 4) is 17.1 Å². The first kappa shape index (κ1) is 11.9. The van der Waals surface area contributed by atoms with Crippen LogP contribution in [-0.2, 0) is 17.6 Å². The Morgan fingerprint density at radius 2 is 2.25 bits per heavy atom. The van der Waals surface area contributed by atoms with Gasteiger partial charge in [-0.1, -0.05) is 5.16 Å². The minimum absolute atomic E-state index is 0.233. The molecule has 0 radical (unpaired) electrons. The van der Waals surface area contributed by atoms with Crippen LogP contribution in [0, 0.1) is 0 Å². The van der Waals surface area contributed by atoms with Crippen molar-refractivity contribution in [2.75, 3.05) is 13.2 Å². The lowest BCUT2D eigenvalue weighted by Gasteiger charge is -2.03. The van der Waals surface area contributed by atoms with Gasteiger partial charge in [0, 0.05) is 18.6 Å². The monoisotopic (exact) mass is 272 g/mol. The summed E-state index contributed by atoms with van der Waals surface area (Å²) in [4.78, 5) is 4.47. The van der Waals surface area contributed by atoms with E-state index in [0.29, 0.717) is 18.1 Å². The topological polar surface area (TPSA) is 57.4 Å². The Bertz CT molecular complexity index is 617. The zero-order valence-electron chi connectivity index (χ0n) is 11.2. The second-order valence-corrected chi connectivity index (χ2v) is 5.27. The maximum Gasteiger partial charge on any atom is 0.229 e. The number of benzene rings is 1. The van der Waals surface area contributed by atoms with E-state index in [1.165, 1.54) is 5.56 Å². The van der Waals surface area contributed by atoms with Crippen molar-refractivity contribution in [2.45, 2.75) is 31.8 Å². The zero-order valence-corrected chi connectivity index (χ0v) is 11.2. The van der Waals surface area contributed by atoms with Crippen LogP contribution in [0.15, 0.2) is 22.7 Å². The molecule has 1 saturated heterocycles. The minimum Gasteiger partial charge on any atom is -0.493 e. The highest BCUT2D eigenvalue weighted by Gasteiger charge is 2.20. The summed E-state index contributed by atoms with van der Waals surface area (Å²) in [7, 11) is 0. The standard InChI is InChI=1S/C15H16N2O3/c1-2-12(18-6-1)9-14-16-15(17-20-14)11-3-4-13-10(8-11)5-7-19-13/h3-4,8,12H,1-2,5-7,9H2. The summed E-state index contributed by atoms with van der Waals surface area (Å²) in [5.41, 5.74) is 2.20. The highest BCUT2D eigenvalue weighted by molar-refractivity contribution is 5.59. The number of rotatable bonds is 3. The Kier molecular flexibility index (Phi) is 2.92. The van der Waals surface area contributed by atoms with Crippen LogP contribution in [0.4, 0.5) is 0 Å². The molecule has 20 heavy (non-hydrogen) atoms. The molecule has 2 aliphatic rings. The zero-order chi connectivity index (χ0) is 13.4. The predicted octanol–water partition coefficient (Wildman–Crippen LogP) is 2.39. The van der Waals surface area contributed by atoms with Crippen LogP contribution in [0.3, 0.4) is 0 Å².